The first-order valence-corrected chi connectivity index (χ1v) is 11.0. The fraction of sp³-hybridized carbons (Fsp3) is 0.400. The Morgan fingerprint density at radius 2 is 1.86 bits per heavy atom. The molecule has 0 spiro atoms. The highest BCUT2D eigenvalue weighted by Crippen LogP contribution is 2.15. The van der Waals surface area contributed by atoms with Crippen LogP contribution in [0, 0.1) is 0 Å². The summed E-state index contributed by atoms with van der Waals surface area (Å²) < 4.78 is 26.4. The van der Waals surface area contributed by atoms with Gasteiger partial charge in [-0.3, -0.25) is 14.7 Å². The Labute approximate surface area is 166 Å². The number of carbonyl (C=O) groups is 1. The standard InChI is InChI=1S/C20H26N4O3S/c1-2-22-28(26,27)19-8-6-16(7-9-19)20(25)23-17-10-13-24(14-11-17)15-18-5-3-4-12-21-18/h3-9,12,17,22H,2,10-11,13-15H2,1H3,(H,23,25). The highest BCUT2D eigenvalue weighted by molar-refractivity contribution is 7.89. The first-order valence-electron chi connectivity index (χ1n) is 9.51. The summed E-state index contributed by atoms with van der Waals surface area (Å²) in [5, 5.41) is 3.06. The van der Waals surface area contributed by atoms with Gasteiger partial charge in [0, 0.05) is 44.0 Å². The van der Waals surface area contributed by atoms with Crippen molar-refractivity contribution >= 4 is 15.9 Å². The van der Waals surface area contributed by atoms with E-state index in [0.29, 0.717) is 12.1 Å². The molecule has 1 amide bonds. The number of hydrogen-bond donors (Lipinski definition) is 2. The van der Waals surface area contributed by atoms with E-state index in [1.807, 2.05) is 18.2 Å². The lowest BCUT2D eigenvalue weighted by Crippen LogP contribution is -2.44. The molecule has 28 heavy (non-hydrogen) atoms. The molecule has 8 heteroatoms. The van der Waals surface area contributed by atoms with Gasteiger partial charge in [0.05, 0.1) is 10.6 Å². The van der Waals surface area contributed by atoms with Crippen molar-refractivity contribution in [3.63, 3.8) is 0 Å². The Balaban J connectivity index is 1.50. The largest absolute Gasteiger partial charge is 0.349 e. The van der Waals surface area contributed by atoms with Crippen molar-refractivity contribution in [2.75, 3.05) is 19.6 Å². The Kier molecular flexibility index (Phi) is 6.77. The van der Waals surface area contributed by atoms with Gasteiger partial charge in [0.1, 0.15) is 0 Å². The van der Waals surface area contributed by atoms with Gasteiger partial charge in [-0.15, -0.1) is 0 Å². The van der Waals surface area contributed by atoms with E-state index in [9.17, 15) is 13.2 Å². The molecule has 7 nitrogen and oxygen atoms in total. The second-order valence-corrected chi connectivity index (χ2v) is 8.64. The summed E-state index contributed by atoms with van der Waals surface area (Å²) in [6.45, 7) is 4.68. The van der Waals surface area contributed by atoms with Crippen molar-refractivity contribution in [2.24, 2.45) is 0 Å². The van der Waals surface area contributed by atoms with Gasteiger partial charge < -0.3 is 5.32 Å². The summed E-state index contributed by atoms with van der Waals surface area (Å²) in [5.41, 5.74) is 1.52. The van der Waals surface area contributed by atoms with Gasteiger partial charge in [0.25, 0.3) is 5.91 Å². The molecule has 3 rings (SSSR count). The average molecular weight is 403 g/mol. The van der Waals surface area contributed by atoms with Gasteiger partial charge in [0.15, 0.2) is 0 Å². The van der Waals surface area contributed by atoms with Crippen molar-refractivity contribution in [3.8, 4) is 0 Å². The van der Waals surface area contributed by atoms with Crippen LogP contribution < -0.4 is 10.0 Å². The Bertz CT molecular complexity index is 877. The Hall–Kier alpha value is -2.29. The maximum absolute atomic E-state index is 12.5. The van der Waals surface area contributed by atoms with Gasteiger partial charge >= 0.3 is 0 Å². The van der Waals surface area contributed by atoms with Crippen LogP contribution in [0.4, 0.5) is 0 Å². The van der Waals surface area contributed by atoms with E-state index >= 15 is 0 Å². The minimum atomic E-state index is -3.50. The van der Waals surface area contributed by atoms with Gasteiger partial charge in [-0.1, -0.05) is 13.0 Å². The number of likely N-dealkylation sites (tertiary alicyclic amines) is 1. The molecule has 0 unspecified atom stereocenters. The number of rotatable bonds is 7. The lowest BCUT2D eigenvalue weighted by atomic mass is 10.0. The maximum Gasteiger partial charge on any atom is 0.251 e. The van der Waals surface area contributed by atoms with Crippen LogP contribution in [0.15, 0.2) is 53.6 Å². The van der Waals surface area contributed by atoms with Crippen LogP contribution in [0.3, 0.4) is 0 Å². The number of sulfonamides is 1. The molecule has 2 N–H and O–H groups in total. The quantitative estimate of drug-likeness (QED) is 0.737. The van der Waals surface area contributed by atoms with Crippen LogP contribution in [0.2, 0.25) is 0 Å². The number of benzene rings is 1. The zero-order valence-corrected chi connectivity index (χ0v) is 16.8. The molecule has 1 fully saturated rings. The van der Waals surface area contributed by atoms with Gasteiger partial charge in [-0.25, -0.2) is 13.1 Å². The van der Waals surface area contributed by atoms with Gasteiger partial charge in [-0.2, -0.15) is 0 Å². The molecule has 0 atom stereocenters. The zero-order chi connectivity index (χ0) is 20.0. The molecular weight excluding hydrogens is 376 g/mol. The molecule has 1 aromatic heterocycles. The summed E-state index contributed by atoms with van der Waals surface area (Å²) in [6.07, 6.45) is 3.56. The SMILES string of the molecule is CCNS(=O)(=O)c1ccc(C(=O)NC2CCN(Cc3ccccn3)CC2)cc1. The van der Waals surface area contributed by atoms with Gasteiger partial charge in [0.2, 0.25) is 10.0 Å². The van der Waals surface area contributed by atoms with E-state index in [2.05, 4.69) is 19.9 Å². The highest BCUT2D eigenvalue weighted by atomic mass is 32.2. The molecule has 150 valence electrons. The van der Waals surface area contributed by atoms with Crippen LogP contribution >= 0.6 is 0 Å². The minimum Gasteiger partial charge on any atom is -0.349 e. The van der Waals surface area contributed by atoms with E-state index in [-0.39, 0.29) is 16.8 Å². The van der Waals surface area contributed by atoms with Crippen molar-refractivity contribution < 1.29 is 13.2 Å². The van der Waals surface area contributed by atoms with Crippen LogP contribution in [0.5, 0.6) is 0 Å². The first kappa shape index (κ1) is 20.4. The molecule has 1 aliphatic heterocycles. The zero-order valence-electron chi connectivity index (χ0n) is 16.0. The Morgan fingerprint density at radius 3 is 2.46 bits per heavy atom. The smallest absolute Gasteiger partial charge is 0.251 e. The number of carbonyl (C=O) groups excluding carboxylic acids is 1. The van der Waals surface area contributed by atoms with Crippen molar-refractivity contribution in [1.82, 2.24) is 19.9 Å². The predicted octanol–water partition coefficient (Wildman–Crippen LogP) is 1.77. The maximum atomic E-state index is 12.5. The summed E-state index contributed by atoms with van der Waals surface area (Å²) >= 11 is 0. The van der Waals surface area contributed by atoms with E-state index in [1.54, 1.807) is 25.3 Å². The highest BCUT2D eigenvalue weighted by Gasteiger charge is 2.22. The third kappa shape index (κ3) is 5.37. The lowest BCUT2D eigenvalue weighted by molar-refractivity contribution is 0.0908. The van der Waals surface area contributed by atoms with Crippen LogP contribution in [-0.4, -0.2) is 49.9 Å². The predicted molar refractivity (Wildman–Crippen MR) is 107 cm³/mol. The monoisotopic (exact) mass is 402 g/mol. The molecule has 0 bridgehead atoms. The molecule has 1 aromatic carbocycles. The van der Waals surface area contributed by atoms with Crippen molar-refractivity contribution in [1.29, 1.82) is 0 Å². The molecular formula is C20H26N4O3S. The molecule has 2 heterocycles. The van der Waals surface area contributed by atoms with Crippen molar-refractivity contribution in [2.45, 2.75) is 37.2 Å². The number of aromatic nitrogens is 1. The summed E-state index contributed by atoms with van der Waals surface area (Å²) in [7, 11) is -3.50. The fourth-order valence-corrected chi connectivity index (χ4v) is 4.32. The molecule has 0 aliphatic carbocycles. The van der Waals surface area contributed by atoms with Crippen LogP contribution in [0.1, 0.15) is 35.8 Å². The molecule has 1 aliphatic rings. The van der Waals surface area contributed by atoms with E-state index in [1.165, 1.54) is 12.1 Å². The summed E-state index contributed by atoms with van der Waals surface area (Å²) in [5.74, 6) is -0.171. The number of nitrogens with one attached hydrogen (secondary N) is 2. The second-order valence-electron chi connectivity index (χ2n) is 6.87. The molecule has 2 aromatic rings. The summed E-state index contributed by atoms with van der Waals surface area (Å²) in [6, 6.07) is 12.1. The average Bonchev–Trinajstić information content (AvgIpc) is 2.70. The van der Waals surface area contributed by atoms with Crippen LogP contribution in [-0.2, 0) is 16.6 Å². The van der Waals surface area contributed by atoms with Crippen LogP contribution in [0.25, 0.3) is 0 Å². The number of hydrogen-bond acceptors (Lipinski definition) is 5. The topological polar surface area (TPSA) is 91.4 Å². The number of amides is 1. The molecule has 0 saturated carbocycles. The number of piperidine rings is 1. The van der Waals surface area contributed by atoms with E-state index in [4.69, 9.17) is 0 Å². The molecule has 0 radical (unpaired) electrons. The third-order valence-electron chi connectivity index (χ3n) is 4.80. The minimum absolute atomic E-state index is 0.123. The van der Waals surface area contributed by atoms with Crippen molar-refractivity contribution in [3.05, 3.63) is 59.9 Å². The van der Waals surface area contributed by atoms with E-state index in [0.717, 1.165) is 38.2 Å². The summed E-state index contributed by atoms with van der Waals surface area (Å²) in [4.78, 5) is 19.3. The number of nitrogens with zero attached hydrogens (tertiary/aromatic N) is 2. The van der Waals surface area contributed by atoms with Gasteiger partial charge in [-0.05, 0) is 49.2 Å². The second kappa shape index (κ2) is 9.27. The lowest BCUT2D eigenvalue weighted by Gasteiger charge is -2.32. The third-order valence-corrected chi connectivity index (χ3v) is 6.36. The first-order chi connectivity index (χ1) is 13.5. The van der Waals surface area contributed by atoms with E-state index < -0.39 is 10.0 Å². The normalized spacial score (nSPS) is 16.0. The molecule has 1 saturated heterocycles. The fourth-order valence-electron chi connectivity index (χ4n) is 3.28. The number of pyridine rings is 1. The Morgan fingerprint density at radius 1 is 1.14 bits per heavy atom.